The van der Waals surface area contributed by atoms with Crippen molar-refractivity contribution < 1.29 is 9.47 Å². The molecule has 0 N–H and O–H groups in total. The van der Waals surface area contributed by atoms with Crippen LogP contribution in [0.5, 0.6) is 0 Å². The summed E-state index contributed by atoms with van der Waals surface area (Å²) in [6.07, 6.45) is 8.24. The lowest BCUT2D eigenvalue weighted by atomic mass is 9.93. The molecule has 0 aromatic rings. The standard InChI is InChI=1S/C11H14O2.C2H6/c1-11(2)5-3-9-10(4-6-11)13-8-7-12-9;1-2/h3-6H,7-8H2,1-2H3;1-2H3. The topological polar surface area (TPSA) is 18.5 Å². The summed E-state index contributed by atoms with van der Waals surface area (Å²) in [5.74, 6) is 1.71. The van der Waals surface area contributed by atoms with Crippen LogP contribution in [0.1, 0.15) is 27.7 Å². The fourth-order valence-corrected chi connectivity index (χ4v) is 1.34. The highest BCUT2D eigenvalue weighted by Gasteiger charge is 2.17. The molecule has 0 bridgehead atoms. The third-order valence-corrected chi connectivity index (χ3v) is 2.17. The monoisotopic (exact) mass is 208 g/mol. The first-order chi connectivity index (χ1) is 7.17. The summed E-state index contributed by atoms with van der Waals surface area (Å²) in [7, 11) is 0. The van der Waals surface area contributed by atoms with Gasteiger partial charge in [-0.05, 0) is 12.2 Å². The van der Waals surface area contributed by atoms with Crippen LogP contribution in [0.25, 0.3) is 0 Å². The van der Waals surface area contributed by atoms with E-state index in [1.807, 2.05) is 26.0 Å². The highest BCUT2D eigenvalue weighted by molar-refractivity contribution is 5.32. The molecule has 0 amide bonds. The number of allylic oxidation sites excluding steroid dienone is 4. The van der Waals surface area contributed by atoms with Crippen LogP contribution in [-0.2, 0) is 9.47 Å². The van der Waals surface area contributed by atoms with E-state index in [4.69, 9.17) is 9.47 Å². The summed E-state index contributed by atoms with van der Waals surface area (Å²) in [6, 6.07) is 0. The second-order valence-electron chi connectivity index (χ2n) is 3.91. The molecule has 0 fully saturated rings. The van der Waals surface area contributed by atoms with Gasteiger partial charge in [0, 0.05) is 5.41 Å². The quantitative estimate of drug-likeness (QED) is 0.607. The molecule has 0 atom stereocenters. The van der Waals surface area contributed by atoms with Gasteiger partial charge in [0.25, 0.3) is 0 Å². The predicted octanol–water partition coefficient (Wildman–Crippen LogP) is 3.42. The Morgan fingerprint density at radius 1 is 0.933 bits per heavy atom. The minimum Gasteiger partial charge on any atom is -0.486 e. The Kier molecular flexibility index (Phi) is 4.01. The SMILES string of the molecule is CC.CC1(C)C=CC2=C(C=C1)OCCO2. The zero-order chi connectivity index (χ0) is 11.3. The Balaban J connectivity index is 0.000000531. The summed E-state index contributed by atoms with van der Waals surface area (Å²) >= 11 is 0. The summed E-state index contributed by atoms with van der Waals surface area (Å²) in [4.78, 5) is 0. The van der Waals surface area contributed by atoms with E-state index in [0.29, 0.717) is 13.2 Å². The molecule has 0 saturated carbocycles. The van der Waals surface area contributed by atoms with Crippen LogP contribution in [-0.4, -0.2) is 13.2 Å². The molecule has 0 radical (unpaired) electrons. The lowest BCUT2D eigenvalue weighted by Crippen LogP contribution is -2.11. The van der Waals surface area contributed by atoms with Gasteiger partial charge in [-0.1, -0.05) is 39.8 Å². The van der Waals surface area contributed by atoms with Crippen molar-refractivity contribution in [3.63, 3.8) is 0 Å². The van der Waals surface area contributed by atoms with Gasteiger partial charge in [0.2, 0.25) is 0 Å². The van der Waals surface area contributed by atoms with Crippen molar-refractivity contribution in [2.24, 2.45) is 5.41 Å². The molecule has 15 heavy (non-hydrogen) atoms. The fraction of sp³-hybridized carbons (Fsp3) is 0.538. The Morgan fingerprint density at radius 2 is 1.33 bits per heavy atom. The molecule has 0 unspecified atom stereocenters. The number of hydrogen-bond donors (Lipinski definition) is 0. The molecule has 1 aliphatic carbocycles. The maximum absolute atomic E-state index is 5.47. The van der Waals surface area contributed by atoms with E-state index in [0.717, 1.165) is 11.5 Å². The minimum atomic E-state index is 0.0874. The van der Waals surface area contributed by atoms with Gasteiger partial charge in [-0.25, -0.2) is 0 Å². The smallest absolute Gasteiger partial charge is 0.161 e. The van der Waals surface area contributed by atoms with Crippen molar-refractivity contribution in [2.45, 2.75) is 27.7 Å². The van der Waals surface area contributed by atoms with Crippen molar-refractivity contribution in [1.82, 2.24) is 0 Å². The van der Waals surface area contributed by atoms with Crippen molar-refractivity contribution >= 4 is 0 Å². The van der Waals surface area contributed by atoms with E-state index in [2.05, 4.69) is 26.0 Å². The first-order valence-electron chi connectivity index (χ1n) is 5.56. The van der Waals surface area contributed by atoms with Crippen molar-refractivity contribution in [3.05, 3.63) is 35.8 Å². The van der Waals surface area contributed by atoms with E-state index < -0.39 is 0 Å². The highest BCUT2D eigenvalue weighted by Crippen LogP contribution is 2.27. The van der Waals surface area contributed by atoms with Crippen LogP contribution in [0.3, 0.4) is 0 Å². The number of rotatable bonds is 0. The predicted molar refractivity (Wildman–Crippen MR) is 62.3 cm³/mol. The largest absolute Gasteiger partial charge is 0.486 e. The van der Waals surface area contributed by atoms with Gasteiger partial charge >= 0.3 is 0 Å². The lowest BCUT2D eigenvalue weighted by molar-refractivity contribution is 0.0771. The first kappa shape index (κ1) is 11.9. The van der Waals surface area contributed by atoms with Gasteiger partial charge in [-0.2, -0.15) is 0 Å². The van der Waals surface area contributed by atoms with E-state index in [1.165, 1.54) is 0 Å². The molecule has 84 valence electrons. The Bertz CT molecular complexity index is 268. The van der Waals surface area contributed by atoms with Crippen LogP contribution in [0.2, 0.25) is 0 Å². The summed E-state index contributed by atoms with van der Waals surface area (Å²) in [5, 5.41) is 0. The Morgan fingerprint density at radius 3 is 1.73 bits per heavy atom. The minimum absolute atomic E-state index is 0.0874. The molecule has 1 heterocycles. The van der Waals surface area contributed by atoms with Gasteiger partial charge in [0.05, 0.1) is 0 Å². The molecule has 1 aliphatic heterocycles. The molecule has 2 aliphatic rings. The summed E-state index contributed by atoms with van der Waals surface area (Å²) in [6.45, 7) is 9.60. The van der Waals surface area contributed by atoms with Gasteiger partial charge in [-0.3, -0.25) is 0 Å². The Hall–Kier alpha value is -1.18. The second kappa shape index (κ2) is 5.06. The van der Waals surface area contributed by atoms with E-state index in [1.54, 1.807) is 0 Å². The van der Waals surface area contributed by atoms with Crippen LogP contribution < -0.4 is 0 Å². The third-order valence-electron chi connectivity index (χ3n) is 2.17. The maximum atomic E-state index is 5.47. The van der Waals surface area contributed by atoms with Crippen LogP contribution >= 0.6 is 0 Å². The van der Waals surface area contributed by atoms with Crippen LogP contribution in [0.15, 0.2) is 35.8 Å². The van der Waals surface area contributed by atoms with Gasteiger partial charge in [0.1, 0.15) is 13.2 Å². The van der Waals surface area contributed by atoms with E-state index >= 15 is 0 Å². The first-order valence-corrected chi connectivity index (χ1v) is 5.56. The van der Waals surface area contributed by atoms with Crippen molar-refractivity contribution in [1.29, 1.82) is 0 Å². The average molecular weight is 208 g/mol. The molecule has 0 aromatic heterocycles. The van der Waals surface area contributed by atoms with Gasteiger partial charge in [0.15, 0.2) is 11.5 Å². The molecule has 2 heteroatoms. The normalized spacial score (nSPS) is 21.6. The van der Waals surface area contributed by atoms with Crippen LogP contribution in [0, 0.1) is 5.41 Å². The fourth-order valence-electron chi connectivity index (χ4n) is 1.34. The zero-order valence-corrected chi connectivity index (χ0v) is 10.0. The third kappa shape index (κ3) is 3.15. The zero-order valence-electron chi connectivity index (χ0n) is 10.0. The molecule has 0 saturated heterocycles. The Labute approximate surface area is 92.3 Å². The summed E-state index contributed by atoms with van der Waals surface area (Å²) < 4.78 is 10.9. The lowest BCUT2D eigenvalue weighted by Gasteiger charge is -2.17. The molecule has 0 aromatic carbocycles. The van der Waals surface area contributed by atoms with Crippen LogP contribution in [0.4, 0.5) is 0 Å². The van der Waals surface area contributed by atoms with Crippen molar-refractivity contribution in [2.75, 3.05) is 13.2 Å². The molecular weight excluding hydrogens is 188 g/mol. The molecule has 0 spiro atoms. The van der Waals surface area contributed by atoms with Gasteiger partial charge < -0.3 is 9.47 Å². The second-order valence-corrected chi connectivity index (χ2v) is 3.91. The number of ether oxygens (including phenoxy) is 2. The number of hydrogen-bond acceptors (Lipinski definition) is 2. The molecule has 2 nitrogen and oxygen atoms in total. The molecule has 2 rings (SSSR count). The summed E-state index contributed by atoms with van der Waals surface area (Å²) in [5.41, 5.74) is 0.0874. The average Bonchev–Trinajstić information content (AvgIpc) is 2.42. The van der Waals surface area contributed by atoms with E-state index in [-0.39, 0.29) is 5.41 Å². The maximum Gasteiger partial charge on any atom is 0.161 e. The van der Waals surface area contributed by atoms with E-state index in [9.17, 15) is 0 Å². The highest BCUT2D eigenvalue weighted by atomic mass is 16.6. The molecular formula is C13H20O2. The van der Waals surface area contributed by atoms with Crippen molar-refractivity contribution in [3.8, 4) is 0 Å². The van der Waals surface area contributed by atoms with Gasteiger partial charge in [-0.15, -0.1) is 0 Å².